The normalized spacial score (nSPS) is 28.5. The molecule has 0 aromatic carbocycles. The van der Waals surface area contributed by atoms with E-state index < -0.39 is 124 Å². The lowest BCUT2D eigenvalue weighted by Crippen LogP contribution is -2.66. The molecule has 0 aliphatic carbocycles. The maximum absolute atomic E-state index is 13.4. The maximum Gasteiger partial charge on any atom is 0.220 e. The van der Waals surface area contributed by atoms with Gasteiger partial charge in [-0.25, -0.2) is 0 Å². The Morgan fingerprint density at radius 1 is 0.404 bits per heavy atom. The summed E-state index contributed by atoms with van der Waals surface area (Å²) in [5.41, 5.74) is 0. The second-order valence-electron chi connectivity index (χ2n) is 25.3. The number of carbonyl (C=O) groups excluding carboxylic acids is 1. The summed E-state index contributed by atoms with van der Waals surface area (Å²) in [5.74, 6) is -0.299. The molecular formula is C70H127NO18. The second-order valence-corrected chi connectivity index (χ2v) is 25.3. The first kappa shape index (κ1) is 81.0. The lowest BCUT2D eigenvalue weighted by atomic mass is 9.96. The Hall–Kier alpha value is -2.25. The molecule has 3 fully saturated rings. The van der Waals surface area contributed by atoms with Crippen molar-refractivity contribution >= 4 is 5.91 Å². The Balaban J connectivity index is 1.41. The molecule has 3 saturated heterocycles. The minimum Gasteiger partial charge on any atom is -0.394 e. The van der Waals surface area contributed by atoms with Crippen molar-refractivity contribution < 1.29 is 89.4 Å². The third kappa shape index (κ3) is 34.1. The van der Waals surface area contributed by atoms with Crippen LogP contribution >= 0.6 is 0 Å². The average molecular weight is 1270 g/mol. The second kappa shape index (κ2) is 52.1. The standard InChI is InChI=1S/C70H127NO18/c1-3-5-7-9-11-13-15-17-19-20-21-22-23-24-25-26-27-28-29-30-31-32-33-34-35-37-39-41-43-45-47-54(75)53(71-58(76)48-46-44-42-40-38-36-18-16-14-12-10-8-6-4-2)52-84-68-64(82)61(79)66(56(50-73)86-68)89-70-65(83)62(80)67(57(51-74)87-70)88-69-63(81)60(78)59(77)55(49-72)85-69/h10,12,16,18,37,39,45,47,53-57,59-70,72-75,77-83H,3-9,11,13-15,17,19-36,38,40-44,46,48-52H2,1-2H3,(H,71,76)/b12-10-,18-16-,39-37+,47-45+. The molecule has 3 heterocycles. The zero-order valence-corrected chi connectivity index (χ0v) is 54.9. The van der Waals surface area contributed by atoms with Gasteiger partial charge in [0.15, 0.2) is 18.9 Å². The number of aliphatic hydroxyl groups is 11. The molecule has 89 heavy (non-hydrogen) atoms. The molecule has 0 bridgehead atoms. The number of nitrogens with one attached hydrogen (secondary N) is 1. The van der Waals surface area contributed by atoms with E-state index in [1.54, 1.807) is 6.08 Å². The van der Waals surface area contributed by atoms with Crippen LogP contribution in [0.2, 0.25) is 0 Å². The van der Waals surface area contributed by atoms with Crippen molar-refractivity contribution in [2.75, 3.05) is 26.4 Å². The molecule has 3 rings (SSSR count). The van der Waals surface area contributed by atoms with E-state index in [9.17, 15) is 61.0 Å². The number of unbranched alkanes of at least 4 members (excludes halogenated alkanes) is 32. The van der Waals surface area contributed by atoms with Gasteiger partial charge in [-0.2, -0.15) is 0 Å². The number of hydrogen-bond acceptors (Lipinski definition) is 18. The molecule has 0 radical (unpaired) electrons. The molecule has 0 aromatic heterocycles. The maximum atomic E-state index is 13.4. The first-order valence-corrected chi connectivity index (χ1v) is 35.4. The zero-order valence-electron chi connectivity index (χ0n) is 54.9. The zero-order chi connectivity index (χ0) is 64.7. The van der Waals surface area contributed by atoms with Crippen molar-refractivity contribution in [1.82, 2.24) is 5.32 Å². The molecule has 0 spiro atoms. The summed E-state index contributed by atoms with van der Waals surface area (Å²) >= 11 is 0. The number of carbonyl (C=O) groups is 1. The van der Waals surface area contributed by atoms with Crippen molar-refractivity contribution in [3.63, 3.8) is 0 Å². The van der Waals surface area contributed by atoms with Crippen molar-refractivity contribution in [2.45, 2.75) is 362 Å². The van der Waals surface area contributed by atoms with Crippen LogP contribution in [-0.2, 0) is 33.2 Å². The molecule has 520 valence electrons. The summed E-state index contributed by atoms with van der Waals surface area (Å²) in [6.07, 6.45) is 35.4. The predicted octanol–water partition coefficient (Wildman–Crippen LogP) is 9.39. The van der Waals surface area contributed by atoms with E-state index in [0.29, 0.717) is 12.8 Å². The van der Waals surface area contributed by atoms with Crippen LogP contribution in [0.3, 0.4) is 0 Å². The number of amides is 1. The average Bonchev–Trinajstić information content (AvgIpc) is 2.35. The van der Waals surface area contributed by atoms with E-state index in [1.165, 1.54) is 161 Å². The summed E-state index contributed by atoms with van der Waals surface area (Å²) in [7, 11) is 0. The molecule has 1 amide bonds. The van der Waals surface area contributed by atoms with Gasteiger partial charge in [-0.15, -0.1) is 0 Å². The Labute approximate surface area is 535 Å². The highest BCUT2D eigenvalue weighted by Gasteiger charge is 2.53. The number of ether oxygens (including phenoxy) is 6. The summed E-state index contributed by atoms with van der Waals surface area (Å²) in [6.45, 7) is 1.67. The first-order valence-electron chi connectivity index (χ1n) is 35.4. The minimum atomic E-state index is -1.98. The molecule has 19 nitrogen and oxygen atoms in total. The lowest BCUT2D eigenvalue weighted by Gasteiger charge is -2.48. The fourth-order valence-electron chi connectivity index (χ4n) is 11.8. The van der Waals surface area contributed by atoms with E-state index in [-0.39, 0.29) is 18.9 Å². The van der Waals surface area contributed by atoms with Gasteiger partial charge in [0.1, 0.15) is 73.2 Å². The Morgan fingerprint density at radius 2 is 0.764 bits per heavy atom. The van der Waals surface area contributed by atoms with Gasteiger partial charge in [-0.3, -0.25) is 4.79 Å². The summed E-state index contributed by atoms with van der Waals surface area (Å²) in [5, 5.41) is 120. The number of aliphatic hydroxyl groups excluding tert-OH is 11. The fraction of sp³-hybridized carbons (Fsp3) is 0.871. The van der Waals surface area contributed by atoms with Crippen LogP contribution < -0.4 is 5.32 Å². The Morgan fingerprint density at radius 3 is 1.22 bits per heavy atom. The van der Waals surface area contributed by atoms with Crippen LogP contribution in [0.25, 0.3) is 0 Å². The number of allylic oxidation sites excluding steroid dienone is 7. The van der Waals surface area contributed by atoms with E-state index in [1.807, 2.05) is 6.08 Å². The van der Waals surface area contributed by atoms with Crippen molar-refractivity contribution in [3.05, 3.63) is 48.6 Å². The smallest absolute Gasteiger partial charge is 0.220 e. The highest BCUT2D eigenvalue weighted by atomic mass is 16.8. The molecule has 17 unspecified atom stereocenters. The fourth-order valence-corrected chi connectivity index (χ4v) is 11.8. The molecule has 17 atom stereocenters. The Kier molecular flexibility index (Phi) is 47.4. The van der Waals surface area contributed by atoms with Crippen LogP contribution in [0.5, 0.6) is 0 Å². The van der Waals surface area contributed by atoms with Crippen LogP contribution in [0, 0.1) is 0 Å². The highest BCUT2D eigenvalue weighted by Crippen LogP contribution is 2.33. The molecule has 3 aliphatic rings. The monoisotopic (exact) mass is 1270 g/mol. The third-order valence-corrected chi connectivity index (χ3v) is 17.6. The SMILES string of the molecule is CCCC/C=C\C/C=C\CCCCCCCC(=O)NC(COC1OC(CO)C(OC2OC(CO)C(OC3OC(CO)C(O)C(O)C3O)C(O)C2O)C(O)C1O)C(O)/C=C/CC/C=C/CCCCCCCCCCCCCCCCCCCCCCCCCC. The van der Waals surface area contributed by atoms with Crippen LogP contribution in [0.4, 0.5) is 0 Å². The van der Waals surface area contributed by atoms with Crippen molar-refractivity contribution in [1.29, 1.82) is 0 Å². The lowest BCUT2D eigenvalue weighted by molar-refractivity contribution is -0.379. The van der Waals surface area contributed by atoms with Gasteiger partial charge in [-0.1, -0.05) is 242 Å². The summed E-state index contributed by atoms with van der Waals surface area (Å²) < 4.78 is 34.3. The summed E-state index contributed by atoms with van der Waals surface area (Å²) in [4.78, 5) is 13.4. The van der Waals surface area contributed by atoms with Gasteiger partial charge in [-0.05, 0) is 57.8 Å². The van der Waals surface area contributed by atoms with Crippen molar-refractivity contribution in [3.8, 4) is 0 Å². The van der Waals surface area contributed by atoms with E-state index in [0.717, 1.165) is 64.2 Å². The van der Waals surface area contributed by atoms with Gasteiger partial charge in [0.25, 0.3) is 0 Å². The van der Waals surface area contributed by atoms with Crippen LogP contribution in [0.15, 0.2) is 48.6 Å². The van der Waals surface area contributed by atoms with Crippen molar-refractivity contribution in [2.24, 2.45) is 0 Å². The molecule has 3 aliphatic heterocycles. The molecule has 0 aromatic rings. The predicted molar refractivity (Wildman–Crippen MR) is 346 cm³/mol. The van der Waals surface area contributed by atoms with Gasteiger partial charge in [0.2, 0.25) is 5.91 Å². The van der Waals surface area contributed by atoms with E-state index in [2.05, 4.69) is 55.6 Å². The molecule has 12 N–H and O–H groups in total. The first-order chi connectivity index (χ1) is 43.3. The topological polar surface area (TPSA) is 307 Å². The van der Waals surface area contributed by atoms with Gasteiger partial charge < -0.3 is 89.9 Å². The molecular weight excluding hydrogens is 1140 g/mol. The summed E-state index contributed by atoms with van der Waals surface area (Å²) in [6, 6.07) is -0.999. The molecule has 19 heteroatoms. The van der Waals surface area contributed by atoms with Crippen LogP contribution in [-0.4, -0.2) is 193 Å². The van der Waals surface area contributed by atoms with Gasteiger partial charge in [0, 0.05) is 6.42 Å². The van der Waals surface area contributed by atoms with Crippen LogP contribution in [0.1, 0.15) is 258 Å². The third-order valence-electron chi connectivity index (χ3n) is 17.6. The molecule has 0 saturated carbocycles. The largest absolute Gasteiger partial charge is 0.394 e. The number of rotatable bonds is 54. The minimum absolute atomic E-state index is 0.218. The van der Waals surface area contributed by atoms with E-state index in [4.69, 9.17) is 28.4 Å². The van der Waals surface area contributed by atoms with Gasteiger partial charge in [0.05, 0.1) is 38.6 Å². The highest BCUT2D eigenvalue weighted by molar-refractivity contribution is 5.76. The van der Waals surface area contributed by atoms with Gasteiger partial charge >= 0.3 is 0 Å². The van der Waals surface area contributed by atoms with E-state index >= 15 is 0 Å². The Bertz CT molecular complexity index is 1800. The number of hydrogen-bond donors (Lipinski definition) is 12. The quantitative estimate of drug-likeness (QED) is 0.0199.